The van der Waals surface area contributed by atoms with Crippen molar-refractivity contribution in [2.75, 3.05) is 4.90 Å². The van der Waals surface area contributed by atoms with E-state index in [1.54, 1.807) is 0 Å². The van der Waals surface area contributed by atoms with E-state index in [2.05, 4.69) is 216 Å². The van der Waals surface area contributed by atoms with Crippen molar-refractivity contribution in [3.8, 4) is 22.3 Å². The van der Waals surface area contributed by atoms with E-state index >= 15 is 0 Å². The van der Waals surface area contributed by atoms with Crippen LogP contribution < -0.4 is 4.90 Å². The molecule has 0 radical (unpaired) electrons. The van der Waals surface area contributed by atoms with E-state index in [4.69, 9.17) is 0 Å². The fourth-order valence-electron chi connectivity index (χ4n) is 11.2. The second kappa shape index (κ2) is 11.9. The van der Waals surface area contributed by atoms with Crippen LogP contribution in [0.4, 0.5) is 17.1 Å². The summed E-state index contributed by atoms with van der Waals surface area (Å²) in [4.78, 5) is 2.52. The summed E-state index contributed by atoms with van der Waals surface area (Å²) in [6, 6.07) is 70.5. The summed E-state index contributed by atoms with van der Waals surface area (Å²) in [6.07, 6.45) is 0. The first kappa shape index (κ1) is 33.4. The number of fused-ring (bicyclic) bond motifs is 15. The van der Waals surface area contributed by atoms with Crippen LogP contribution in [0.25, 0.3) is 97.1 Å². The van der Waals surface area contributed by atoms with Gasteiger partial charge in [-0.25, -0.2) is 0 Å². The minimum atomic E-state index is -0.141. The highest BCUT2D eigenvalue weighted by Gasteiger charge is 2.36. The molecule has 4 aromatic heterocycles. The Balaban J connectivity index is 1.10. The first-order chi connectivity index (χ1) is 30.0. The molecule has 286 valence electrons. The normalized spacial score (nSPS) is 13.5. The Labute approximate surface area is 355 Å². The molecule has 0 saturated carbocycles. The summed E-state index contributed by atoms with van der Waals surface area (Å²) in [6.45, 7) is 4.75. The largest absolute Gasteiger partial charge is 0.310 e. The topological polar surface area (TPSA) is 12.1 Å². The average molecular weight is 796 g/mol. The number of rotatable bonds is 4. The molecule has 61 heavy (non-hydrogen) atoms. The lowest BCUT2D eigenvalue weighted by Gasteiger charge is -2.30. The summed E-state index contributed by atoms with van der Waals surface area (Å²) in [7, 11) is 0. The molecule has 0 aliphatic heterocycles. The Kier molecular flexibility index (Phi) is 6.51. The van der Waals surface area contributed by atoms with Crippen molar-refractivity contribution in [3.63, 3.8) is 0 Å². The molecule has 0 amide bonds. The lowest BCUT2D eigenvalue weighted by molar-refractivity contribution is 0.660. The molecule has 0 spiro atoms. The highest BCUT2D eigenvalue weighted by atomic mass is 32.1. The van der Waals surface area contributed by atoms with Crippen molar-refractivity contribution >= 4 is 103 Å². The number of hydrogen-bond acceptors (Lipinski definition) is 2. The van der Waals surface area contributed by atoms with E-state index in [9.17, 15) is 0 Å². The SMILES string of the molecule is CC1(C)c2ccccc2-c2ccc(N(c3ccc4sc5ccccc5c4c3)c3ccccc3-c3cccc4c3n3c5ccccc5c5ccc6c7ccccc7n4c6c53)cc21. The van der Waals surface area contributed by atoms with Crippen molar-refractivity contribution in [1.82, 2.24) is 8.80 Å². The van der Waals surface area contributed by atoms with E-state index in [1.807, 2.05) is 11.3 Å². The van der Waals surface area contributed by atoms with Gasteiger partial charge in [-0.3, -0.25) is 0 Å². The Morgan fingerprint density at radius 3 is 1.77 bits per heavy atom. The monoisotopic (exact) mass is 795 g/mol. The number of aromatic nitrogens is 2. The van der Waals surface area contributed by atoms with Crippen LogP contribution in [0.3, 0.4) is 0 Å². The minimum Gasteiger partial charge on any atom is -0.310 e. The van der Waals surface area contributed by atoms with Crippen molar-refractivity contribution in [2.24, 2.45) is 0 Å². The molecule has 0 N–H and O–H groups in total. The molecule has 0 unspecified atom stereocenters. The van der Waals surface area contributed by atoms with E-state index < -0.39 is 0 Å². The van der Waals surface area contributed by atoms with Gasteiger partial charge in [-0.2, -0.15) is 0 Å². The van der Waals surface area contributed by atoms with E-state index in [0.717, 1.165) is 17.1 Å². The van der Waals surface area contributed by atoms with Gasteiger partial charge in [-0.1, -0.05) is 141 Å². The molecule has 4 heteroatoms. The molecule has 0 bridgehead atoms. The molecule has 9 aromatic carbocycles. The van der Waals surface area contributed by atoms with Gasteiger partial charge in [0.15, 0.2) is 0 Å². The Morgan fingerprint density at radius 2 is 0.951 bits per heavy atom. The standard InChI is InChI=1S/C57H37N3S/c1-57(2)46-20-8-3-14-36(46)37-28-26-35(33-47(37)57)58(34-27-31-53-45(32-34)41-18-7-12-25-52(41)61-53)48-21-9-4-15-38(48)42-19-13-24-51-54(42)60-50-23-11-6-17-40(50)44-30-29-43-39-16-5-10-22-49(39)59(51)55(43)56(44)60/h3-33H,1-2H3. The van der Waals surface area contributed by atoms with Crippen LogP contribution in [0.5, 0.6) is 0 Å². The molecule has 0 fully saturated rings. The summed E-state index contributed by atoms with van der Waals surface area (Å²) in [5.41, 5.74) is 18.4. The van der Waals surface area contributed by atoms with Gasteiger partial charge in [0, 0.05) is 69.6 Å². The summed E-state index contributed by atoms with van der Waals surface area (Å²) < 4.78 is 7.71. The van der Waals surface area contributed by atoms with E-state index in [1.165, 1.54) is 108 Å². The zero-order valence-electron chi connectivity index (χ0n) is 33.6. The van der Waals surface area contributed by atoms with Gasteiger partial charge in [0.25, 0.3) is 0 Å². The third kappa shape index (κ3) is 4.32. The number of thiophene rings is 1. The van der Waals surface area contributed by atoms with Crippen molar-refractivity contribution in [3.05, 3.63) is 199 Å². The zero-order valence-corrected chi connectivity index (χ0v) is 34.5. The maximum Gasteiger partial charge on any atom is 0.0789 e. The highest BCUT2D eigenvalue weighted by Crippen LogP contribution is 2.52. The Bertz CT molecular complexity index is 3990. The highest BCUT2D eigenvalue weighted by molar-refractivity contribution is 7.25. The molecule has 1 aliphatic rings. The smallest absolute Gasteiger partial charge is 0.0789 e. The van der Waals surface area contributed by atoms with Gasteiger partial charge in [0.05, 0.1) is 38.8 Å². The molecule has 0 atom stereocenters. The Hall–Kier alpha value is -7.40. The van der Waals surface area contributed by atoms with Crippen LogP contribution in [0.2, 0.25) is 0 Å². The molecule has 0 saturated heterocycles. The average Bonchev–Trinajstić information content (AvgIpc) is 4.02. The molecule has 13 aromatic rings. The van der Waals surface area contributed by atoms with Crippen LogP contribution in [0, 0.1) is 0 Å². The maximum absolute atomic E-state index is 2.57. The second-order valence-corrected chi connectivity index (χ2v) is 18.4. The Morgan fingerprint density at radius 1 is 0.377 bits per heavy atom. The number of benzene rings is 9. The quantitative estimate of drug-likeness (QED) is 0.162. The lowest BCUT2D eigenvalue weighted by Crippen LogP contribution is -2.17. The van der Waals surface area contributed by atoms with Gasteiger partial charge in [0.1, 0.15) is 0 Å². The zero-order chi connectivity index (χ0) is 40.1. The fourth-order valence-corrected chi connectivity index (χ4v) is 12.2. The van der Waals surface area contributed by atoms with E-state index in [0.29, 0.717) is 0 Å². The van der Waals surface area contributed by atoms with Crippen molar-refractivity contribution < 1.29 is 0 Å². The fraction of sp³-hybridized carbons (Fsp3) is 0.0526. The van der Waals surface area contributed by atoms with Crippen LogP contribution in [-0.4, -0.2) is 8.80 Å². The number of para-hydroxylation sites is 4. The second-order valence-electron chi connectivity index (χ2n) is 17.3. The van der Waals surface area contributed by atoms with Crippen molar-refractivity contribution in [1.29, 1.82) is 0 Å². The third-order valence-electron chi connectivity index (χ3n) is 13.8. The van der Waals surface area contributed by atoms with Crippen molar-refractivity contribution in [2.45, 2.75) is 19.3 Å². The third-order valence-corrected chi connectivity index (χ3v) is 15.0. The lowest BCUT2D eigenvalue weighted by atomic mass is 9.82. The van der Waals surface area contributed by atoms with Crippen LogP contribution >= 0.6 is 11.3 Å². The molecule has 1 aliphatic carbocycles. The number of nitrogens with zero attached hydrogens (tertiary/aromatic N) is 3. The van der Waals surface area contributed by atoms with Crippen LogP contribution in [0.1, 0.15) is 25.0 Å². The van der Waals surface area contributed by atoms with Crippen LogP contribution in [-0.2, 0) is 5.41 Å². The number of anilines is 3. The van der Waals surface area contributed by atoms with Crippen LogP contribution in [0.15, 0.2) is 188 Å². The first-order valence-corrected chi connectivity index (χ1v) is 22.0. The number of hydrogen-bond donors (Lipinski definition) is 0. The van der Waals surface area contributed by atoms with Gasteiger partial charge in [-0.15, -0.1) is 11.3 Å². The summed E-state index contributed by atoms with van der Waals surface area (Å²) in [5.74, 6) is 0. The minimum absolute atomic E-state index is 0.141. The molecule has 14 rings (SSSR count). The predicted molar refractivity (Wildman–Crippen MR) is 260 cm³/mol. The maximum atomic E-state index is 2.57. The predicted octanol–water partition coefficient (Wildman–Crippen LogP) is 16.1. The molecular formula is C57H37N3S. The first-order valence-electron chi connectivity index (χ1n) is 21.2. The van der Waals surface area contributed by atoms with E-state index in [-0.39, 0.29) is 5.41 Å². The van der Waals surface area contributed by atoms with Gasteiger partial charge >= 0.3 is 0 Å². The van der Waals surface area contributed by atoms with Gasteiger partial charge < -0.3 is 13.7 Å². The molecule has 4 heterocycles. The summed E-state index contributed by atoms with van der Waals surface area (Å²) >= 11 is 1.87. The van der Waals surface area contributed by atoms with Gasteiger partial charge in [-0.05, 0) is 82.9 Å². The molecular weight excluding hydrogens is 759 g/mol. The molecule has 3 nitrogen and oxygen atoms in total. The summed E-state index contributed by atoms with van der Waals surface area (Å²) in [5, 5.41) is 7.69. The van der Waals surface area contributed by atoms with Gasteiger partial charge in [0.2, 0.25) is 0 Å².